The van der Waals surface area contributed by atoms with Crippen LogP contribution in [0.3, 0.4) is 0 Å². The smallest absolute Gasteiger partial charge is 0.133 e. The molecule has 0 spiro atoms. The van der Waals surface area contributed by atoms with Crippen LogP contribution in [0.5, 0.6) is 0 Å². The van der Waals surface area contributed by atoms with Gasteiger partial charge in [0.2, 0.25) is 0 Å². The lowest BCUT2D eigenvalue weighted by molar-refractivity contribution is 0.399. The van der Waals surface area contributed by atoms with Crippen molar-refractivity contribution in [3.8, 4) is 24.3 Å². The van der Waals surface area contributed by atoms with E-state index in [1.165, 1.54) is 0 Å². The molecule has 0 amide bonds. The van der Waals surface area contributed by atoms with Crippen LogP contribution in [0.2, 0.25) is 20.1 Å². The van der Waals surface area contributed by atoms with Crippen LogP contribution in [0, 0.1) is 63.1 Å². The lowest BCUT2D eigenvalue weighted by atomic mass is 9.56. The van der Waals surface area contributed by atoms with E-state index < -0.39 is 23.2 Å². The first-order valence-electron chi connectivity index (χ1n) is 14.9. The third-order valence-electron chi connectivity index (χ3n) is 9.71. The predicted octanol–water partition coefficient (Wildman–Crippen LogP) is 10.8. The van der Waals surface area contributed by atoms with E-state index in [0.717, 1.165) is 39.0 Å². The van der Waals surface area contributed by atoms with E-state index in [2.05, 4.69) is 24.3 Å². The Morgan fingerprint density at radius 2 is 0.938 bits per heavy atom. The van der Waals surface area contributed by atoms with Gasteiger partial charge >= 0.3 is 0 Å². The maximum atomic E-state index is 10.5. The minimum Gasteiger partial charge on any atom is -0.192 e. The first kappa shape index (κ1) is 31.6. The number of fused-ring (bicyclic) bond motifs is 5. The molecule has 0 aliphatic heterocycles. The maximum Gasteiger partial charge on any atom is 0.133 e. The Hall–Kier alpha value is -5.04. The highest BCUT2D eigenvalue weighted by Crippen LogP contribution is 2.77. The molecule has 0 N–H and O–H groups in total. The molecule has 3 aliphatic rings. The topological polar surface area (TPSA) is 95.2 Å². The highest BCUT2D eigenvalue weighted by atomic mass is 35.5. The van der Waals surface area contributed by atoms with Gasteiger partial charge in [-0.15, -0.1) is 0 Å². The summed E-state index contributed by atoms with van der Waals surface area (Å²) >= 11 is 25.6. The molecule has 8 heteroatoms. The molecular weight excluding hydrogens is 678 g/mol. The lowest BCUT2D eigenvalue weighted by Gasteiger charge is -2.44. The number of hydrogen-bond acceptors (Lipinski definition) is 4. The van der Waals surface area contributed by atoms with Gasteiger partial charge in [0, 0.05) is 43.3 Å². The van der Waals surface area contributed by atoms with E-state index in [0.29, 0.717) is 31.2 Å². The first-order valence-corrected chi connectivity index (χ1v) is 16.4. The lowest BCUT2D eigenvalue weighted by Crippen LogP contribution is -2.40. The van der Waals surface area contributed by atoms with Gasteiger partial charge in [0.05, 0.1) is 0 Å². The fourth-order valence-corrected chi connectivity index (χ4v) is 8.62. The number of nitriles is 4. The fourth-order valence-electron chi connectivity index (χ4n) is 8.12. The van der Waals surface area contributed by atoms with Crippen LogP contribution in [-0.2, 0) is 5.41 Å². The Kier molecular flexibility index (Phi) is 8.02. The van der Waals surface area contributed by atoms with Gasteiger partial charge in [-0.25, -0.2) is 0 Å². The van der Waals surface area contributed by atoms with Crippen molar-refractivity contribution in [2.45, 2.75) is 5.41 Å². The molecule has 4 aromatic rings. The van der Waals surface area contributed by atoms with E-state index in [9.17, 15) is 21.0 Å². The average Bonchev–Trinajstić information content (AvgIpc) is 3.72. The Labute approximate surface area is 297 Å². The SMILES string of the molecule is N#CC(C#N)=C1[C@H]2C(c3ccc(Cl)cc3)=C(c3ccc(Cl)cc3)[C@@H]1[C@]1(c3ccc(Cl)cc3)C(c3ccc(Cl)cc3)=CC(=C(C#N)C#N)[C@H]21. The molecule has 0 radical (unpaired) electrons. The molecule has 4 aromatic carbocycles. The average molecular weight is 698 g/mol. The molecule has 3 aliphatic carbocycles. The van der Waals surface area contributed by atoms with Gasteiger partial charge in [-0.1, -0.05) is 101 Å². The van der Waals surface area contributed by atoms with Gasteiger partial charge in [-0.2, -0.15) is 21.0 Å². The fraction of sp³-hybridized carbons (Fsp3) is 0.100. The molecule has 0 unspecified atom stereocenters. The summed E-state index contributed by atoms with van der Waals surface area (Å²) in [6.45, 7) is 0. The molecule has 2 bridgehead atoms. The third kappa shape index (κ3) is 4.62. The number of nitrogens with zero attached hydrogens (tertiary/aromatic N) is 4. The van der Waals surface area contributed by atoms with Crippen LogP contribution >= 0.6 is 46.4 Å². The van der Waals surface area contributed by atoms with Crippen LogP contribution in [0.25, 0.3) is 16.7 Å². The summed E-state index contributed by atoms with van der Waals surface area (Å²) < 4.78 is 0. The second kappa shape index (κ2) is 12.2. The van der Waals surface area contributed by atoms with Crippen molar-refractivity contribution in [3.63, 3.8) is 0 Å². The summed E-state index contributed by atoms with van der Waals surface area (Å²) in [4.78, 5) is 0. The van der Waals surface area contributed by atoms with Gasteiger partial charge in [-0.05, 0) is 98.7 Å². The van der Waals surface area contributed by atoms with Gasteiger partial charge in [0.1, 0.15) is 35.4 Å². The zero-order chi connectivity index (χ0) is 33.7. The second-order valence-electron chi connectivity index (χ2n) is 11.8. The Balaban J connectivity index is 1.72. The number of allylic oxidation sites excluding steroid dienone is 8. The number of benzene rings is 4. The summed E-state index contributed by atoms with van der Waals surface area (Å²) in [5.74, 6) is -1.69. The molecule has 0 aromatic heterocycles. The van der Waals surface area contributed by atoms with E-state index in [1.54, 1.807) is 24.3 Å². The summed E-state index contributed by atoms with van der Waals surface area (Å²) in [6, 6.07) is 38.7. The predicted molar refractivity (Wildman–Crippen MR) is 189 cm³/mol. The summed E-state index contributed by atoms with van der Waals surface area (Å²) in [6.07, 6.45) is 1.95. The zero-order valence-corrected chi connectivity index (χ0v) is 27.9. The summed E-state index contributed by atoms with van der Waals surface area (Å²) in [7, 11) is 0. The quantitative estimate of drug-likeness (QED) is 0.198. The monoisotopic (exact) mass is 696 g/mol. The molecule has 1 saturated carbocycles. The zero-order valence-electron chi connectivity index (χ0n) is 24.8. The third-order valence-corrected chi connectivity index (χ3v) is 10.7. The molecule has 4 atom stereocenters. The van der Waals surface area contributed by atoms with E-state index in [1.807, 2.05) is 78.9 Å². The highest BCUT2D eigenvalue weighted by Gasteiger charge is 2.70. The Morgan fingerprint density at radius 1 is 0.521 bits per heavy atom. The standard InChI is InChI=1S/C40H20Cl4N4/c41-28-9-1-22(2-10-28)33-17-32(25(18-45)19-46)38-37-34(23-3-11-29(42)12-4-23)35(24-5-13-30(43)14-6-24)39(36(37)26(20-47)21-48)40(33,38)27-7-15-31(44)16-8-27/h1-17,37-39H/t37-,38-,39+,40-/m1/s1. The van der Waals surface area contributed by atoms with Gasteiger partial charge in [0.25, 0.3) is 0 Å². The van der Waals surface area contributed by atoms with Crippen molar-refractivity contribution in [3.05, 3.63) is 168 Å². The molecule has 4 nitrogen and oxygen atoms in total. The van der Waals surface area contributed by atoms with Crippen LogP contribution in [-0.4, -0.2) is 0 Å². The molecule has 1 fully saturated rings. The van der Waals surface area contributed by atoms with Crippen molar-refractivity contribution in [2.24, 2.45) is 17.8 Å². The second-order valence-corrected chi connectivity index (χ2v) is 13.5. The van der Waals surface area contributed by atoms with Crippen molar-refractivity contribution < 1.29 is 0 Å². The van der Waals surface area contributed by atoms with E-state index in [-0.39, 0.29) is 11.1 Å². The number of rotatable bonds is 4. The molecular formula is C40H20Cl4N4. The van der Waals surface area contributed by atoms with Gasteiger partial charge in [0.15, 0.2) is 0 Å². The molecule has 7 rings (SSSR count). The molecule has 0 saturated heterocycles. The van der Waals surface area contributed by atoms with Crippen molar-refractivity contribution in [2.75, 3.05) is 0 Å². The number of halogens is 4. The normalized spacial score (nSPS) is 21.9. The van der Waals surface area contributed by atoms with Crippen LogP contribution < -0.4 is 0 Å². The van der Waals surface area contributed by atoms with Crippen molar-refractivity contribution in [1.82, 2.24) is 0 Å². The first-order chi connectivity index (χ1) is 23.3. The van der Waals surface area contributed by atoms with E-state index in [4.69, 9.17) is 46.4 Å². The Morgan fingerprint density at radius 3 is 1.40 bits per heavy atom. The Bertz CT molecular complexity index is 2270. The summed E-state index contributed by atoms with van der Waals surface area (Å²) in [5, 5.41) is 44.0. The van der Waals surface area contributed by atoms with Crippen LogP contribution in [0.4, 0.5) is 0 Å². The minimum atomic E-state index is -0.976. The van der Waals surface area contributed by atoms with E-state index >= 15 is 0 Å². The number of hydrogen-bond donors (Lipinski definition) is 0. The van der Waals surface area contributed by atoms with Gasteiger partial charge in [-0.3, -0.25) is 0 Å². The highest BCUT2D eigenvalue weighted by molar-refractivity contribution is 6.31. The summed E-state index contributed by atoms with van der Waals surface area (Å²) in [5.41, 5.74) is 6.23. The van der Waals surface area contributed by atoms with Crippen LogP contribution in [0.15, 0.2) is 125 Å². The van der Waals surface area contributed by atoms with Crippen molar-refractivity contribution >= 4 is 63.1 Å². The minimum absolute atomic E-state index is 0.00608. The molecule has 48 heavy (non-hydrogen) atoms. The molecule has 0 heterocycles. The molecule has 228 valence electrons. The van der Waals surface area contributed by atoms with Crippen molar-refractivity contribution in [1.29, 1.82) is 21.0 Å². The largest absolute Gasteiger partial charge is 0.192 e. The van der Waals surface area contributed by atoms with Crippen LogP contribution in [0.1, 0.15) is 22.3 Å². The van der Waals surface area contributed by atoms with Gasteiger partial charge < -0.3 is 0 Å². The maximum absolute atomic E-state index is 10.5.